The van der Waals surface area contributed by atoms with Crippen LogP contribution >= 0.6 is 0 Å². The fourth-order valence-electron chi connectivity index (χ4n) is 2.91. The van der Waals surface area contributed by atoms with Crippen molar-refractivity contribution in [3.05, 3.63) is 12.2 Å². The van der Waals surface area contributed by atoms with Crippen LogP contribution in [0.25, 0.3) is 0 Å². The van der Waals surface area contributed by atoms with Crippen molar-refractivity contribution in [1.29, 1.82) is 0 Å². The molecular weight excluding hydrogens is 226 g/mol. The van der Waals surface area contributed by atoms with Crippen molar-refractivity contribution in [3.63, 3.8) is 0 Å². The van der Waals surface area contributed by atoms with Gasteiger partial charge in [-0.1, -0.05) is 31.9 Å². The lowest BCUT2D eigenvalue weighted by Crippen LogP contribution is -2.25. The summed E-state index contributed by atoms with van der Waals surface area (Å²) in [4.78, 5) is 16.4. The van der Waals surface area contributed by atoms with Gasteiger partial charge in [0.05, 0.1) is 7.11 Å². The first-order chi connectivity index (χ1) is 8.52. The standard InChI is InChI=1S/C15H27NO2/c1-12-9-13(2)11-14(10-12)7-5-6-8-15(17)16(3)18-4/h13-14H,1,5-11H2,2-4H3. The number of unbranched alkanes of at least 4 members (excludes halogenated alkanes) is 1. The molecule has 0 aromatic rings. The van der Waals surface area contributed by atoms with E-state index in [1.807, 2.05) is 0 Å². The van der Waals surface area contributed by atoms with Gasteiger partial charge in [0.15, 0.2) is 0 Å². The number of carbonyl (C=O) groups is 1. The van der Waals surface area contributed by atoms with Gasteiger partial charge in [-0.2, -0.15) is 0 Å². The molecule has 1 saturated carbocycles. The minimum Gasteiger partial charge on any atom is -0.275 e. The van der Waals surface area contributed by atoms with Crippen molar-refractivity contribution in [3.8, 4) is 0 Å². The molecule has 1 fully saturated rings. The van der Waals surface area contributed by atoms with Crippen LogP contribution in [0, 0.1) is 11.8 Å². The zero-order chi connectivity index (χ0) is 13.5. The van der Waals surface area contributed by atoms with E-state index < -0.39 is 0 Å². The maximum absolute atomic E-state index is 11.5. The molecule has 0 aromatic heterocycles. The molecule has 1 amide bonds. The highest BCUT2D eigenvalue weighted by Crippen LogP contribution is 2.34. The van der Waals surface area contributed by atoms with Crippen LogP contribution < -0.4 is 0 Å². The molecule has 0 saturated heterocycles. The molecule has 0 aliphatic heterocycles. The van der Waals surface area contributed by atoms with Gasteiger partial charge in [-0.25, -0.2) is 5.06 Å². The number of nitrogens with zero attached hydrogens (tertiary/aromatic N) is 1. The van der Waals surface area contributed by atoms with Crippen LogP contribution in [-0.4, -0.2) is 25.1 Å². The molecule has 104 valence electrons. The summed E-state index contributed by atoms with van der Waals surface area (Å²) in [7, 11) is 3.18. The fraction of sp³-hybridized carbons (Fsp3) is 0.800. The highest BCUT2D eigenvalue weighted by Gasteiger charge is 2.20. The SMILES string of the molecule is C=C1CC(C)CC(CCCCC(=O)N(C)OC)C1. The first-order valence-corrected chi connectivity index (χ1v) is 7.00. The molecule has 0 radical (unpaired) electrons. The highest BCUT2D eigenvalue weighted by atomic mass is 16.7. The second kappa shape index (κ2) is 7.57. The average molecular weight is 253 g/mol. The number of amides is 1. The summed E-state index contributed by atoms with van der Waals surface area (Å²) < 4.78 is 0. The predicted molar refractivity (Wildman–Crippen MR) is 73.9 cm³/mol. The molecule has 1 rings (SSSR count). The summed E-state index contributed by atoms with van der Waals surface area (Å²) >= 11 is 0. The minimum absolute atomic E-state index is 0.0684. The second-order valence-corrected chi connectivity index (χ2v) is 5.68. The Hall–Kier alpha value is -0.830. The smallest absolute Gasteiger partial charge is 0.245 e. The summed E-state index contributed by atoms with van der Waals surface area (Å²) in [5.41, 5.74) is 1.41. The van der Waals surface area contributed by atoms with Crippen LogP contribution in [0.3, 0.4) is 0 Å². The Morgan fingerprint density at radius 2 is 2.17 bits per heavy atom. The quantitative estimate of drug-likeness (QED) is 0.411. The lowest BCUT2D eigenvalue weighted by atomic mass is 9.78. The third-order valence-electron chi connectivity index (χ3n) is 3.83. The topological polar surface area (TPSA) is 29.5 Å². The lowest BCUT2D eigenvalue weighted by Gasteiger charge is -2.28. The zero-order valence-electron chi connectivity index (χ0n) is 12.1. The van der Waals surface area contributed by atoms with Gasteiger partial charge in [0.1, 0.15) is 0 Å². The van der Waals surface area contributed by atoms with E-state index in [-0.39, 0.29) is 5.91 Å². The number of hydrogen-bond donors (Lipinski definition) is 0. The van der Waals surface area contributed by atoms with E-state index in [0.717, 1.165) is 24.7 Å². The van der Waals surface area contributed by atoms with Crippen LogP contribution in [0.2, 0.25) is 0 Å². The van der Waals surface area contributed by atoms with Crippen molar-refractivity contribution in [2.75, 3.05) is 14.2 Å². The summed E-state index contributed by atoms with van der Waals surface area (Å²) in [6, 6.07) is 0. The van der Waals surface area contributed by atoms with E-state index in [2.05, 4.69) is 13.5 Å². The molecular formula is C15H27NO2. The number of allylic oxidation sites excluding steroid dienone is 1. The van der Waals surface area contributed by atoms with Gasteiger partial charge in [-0.05, 0) is 37.5 Å². The van der Waals surface area contributed by atoms with Crippen LogP contribution in [-0.2, 0) is 9.63 Å². The van der Waals surface area contributed by atoms with Gasteiger partial charge in [-0.3, -0.25) is 9.63 Å². The Kier molecular flexibility index (Phi) is 6.41. The number of hydrogen-bond acceptors (Lipinski definition) is 2. The van der Waals surface area contributed by atoms with Gasteiger partial charge >= 0.3 is 0 Å². The molecule has 2 atom stereocenters. The van der Waals surface area contributed by atoms with Crippen molar-refractivity contribution in [1.82, 2.24) is 5.06 Å². The van der Waals surface area contributed by atoms with Gasteiger partial charge in [0, 0.05) is 13.5 Å². The summed E-state index contributed by atoms with van der Waals surface area (Å²) in [5.74, 6) is 1.65. The number of rotatable bonds is 6. The maximum atomic E-state index is 11.5. The second-order valence-electron chi connectivity index (χ2n) is 5.68. The Labute approximate surface area is 111 Å². The third kappa shape index (κ3) is 5.21. The molecule has 0 spiro atoms. The maximum Gasteiger partial charge on any atom is 0.245 e. The Bertz CT molecular complexity index is 288. The molecule has 1 aliphatic carbocycles. The minimum atomic E-state index is 0.0684. The van der Waals surface area contributed by atoms with Gasteiger partial charge in [-0.15, -0.1) is 0 Å². The monoisotopic (exact) mass is 253 g/mol. The van der Waals surface area contributed by atoms with E-state index in [0.29, 0.717) is 6.42 Å². The Balaban J connectivity index is 2.14. The summed E-state index contributed by atoms with van der Waals surface area (Å²) in [6.45, 7) is 6.44. The van der Waals surface area contributed by atoms with Gasteiger partial charge < -0.3 is 0 Å². The van der Waals surface area contributed by atoms with Crippen LogP contribution in [0.5, 0.6) is 0 Å². The first-order valence-electron chi connectivity index (χ1n) is 7.00. The van der Waals surface area contributed by atoms with Crippen LogP contribution in [0.4, 0.5) is 0 Å². The van der Waals surface area contributed by atoms with Crippen molar-refractivity contribution >= 4 is 5.91 Å². The third-order valence-corrected chi connectivity index (χ3v) is 3.83. The average Bonchev–Trinajstić information content (AvgIpc) is 2.32. The fourth-order valence-corrected chi connectivity index (χ4v) is 2.91. The van der Waals surface area contributed by atoms with Gasteiger partial charge in [0.25, 0.3) is 0 Å². The number of carbonyl (C=O) groups excluding carboxylic acids is 1. The van der Waals surface area contributed by atoms with Gasteiger partial charge in [0.2, 0.25) is 5.91 Å². The first kappa shape index (κ1) is 15.2. The lowest BCUT2D eigenvalue weighted by molar-refractivity contribution is -0.168. The molecule has 0 N–H and O–H groups in total. The highest BCUT2D eigenvalue weighted by molar-refractivity contribution is 5.74. The molecule has 3 heteroatoms. The molecule has 3 nitrogen and oxygen atoms in total. The molecule has 0 bridgehead atoms. The van der Waals surface area contributed by atoms with Crippen molar-refractivity contribution in [2.24, 2.45) is 11.8 Å². The van der Waals surface area contributed by atoms with E-state index in [4.69, 9.17) is 4.84 Å². The number of hydroxylamine groups is 2. The van der Waals surface area contributed by atoms with E-state index >= 15 is 0 Å². The normalized spacial score (nSPS) is 24.1. The van der Waals surface area contributed by atoms with Crippen molar-refractivity contribution < 1.29 is 9.63 Å². The Morgan fingerprint density at radius 3 is 2.78 bits per heavy atom. The molecule has 0 heterocycles. The van der Waals surface area contributed by atoms with E-state index in [9.17, 15) is 4.79 Å². The molecule has 0 aromatic carbocycles. The molecule has 1 aliphatic rings. The predicted octanol–water partition coefficient (Wildman–Crippen LogP) is 3.56. The van der Waals surface area contributed by atoms with Crippen LogP contribution in [0.15, 0.2) is 12.2 Å². The largest absolute Gasteiger partial charge is 0.275 e. The Morgan fingerprint density at radius 1 is 1.44 bits per heavy atom. The molecule has 2 unspecified atom stereocenters. The van der Waals surface area contributed by atoms with E-state index in [1.165, 1.54) is 43.4 Å². The summed E-state index contributed by atoms with van der Waals surface area (Å²) in [5, 5.41) is 1.31. The van der Waals surface area contributed by atoms with E-state index in [1.54, 1.807) is 7.05 Å². The zero-order valence-corrected chi connectivity index (χ0v) is 12.1. The van der Waals surface area contributed by atoms with Crippen LogP contribution in [0.1, 0.15) is 51.9 Å². The molecule has 18 heavy (non-hydrogen) atoms. The van der Waals surface area contributed by atoms with Crippen molar-refractivity contribution in [2.45, 2.75) is 51.9 Å². The summed E-state index contributed by atoms with van der Waals surface area (Å²) in [6.07, 6.45) is 7.63.